The molecule has 0 saturated carbocycles. The number of rotatable bonds is 5. The molecule has 0 saturated heterocycles. The molecule has 0 aromatic heterocycles. The molecule has 0 unspecified atom stereocenters. The molecule has 2 aromatic carbocycles. The van der Waals surface area contributed by atoms with Gasteiger partial charge in [-0.1, -0.05) is 56.3 Å². The molecule has 2 aromatic rings. The van der Waals surface area contributed by atoms with Gasteiger partial charge in [-0.15, -0.1) is 0 Å². The van der Waals surface area contributed by atoms with Crippen LogP contribution in [0.15, 0.2) is 60.5 Å². The molecule has 0 spiro atoms. The van der Waals surface area contributed by atoms with Gasteiger partial charge in [0.05, 0.1) is 7.11 Å². The van der Waals surface area contributed by atoms with E-state index in [0.29, 0.717) is 6.54 Å². The summed E-state index contributed by atoms with van der Waals surface area (Å²) in [5.41, 5.74) is 4.14. The molecule has 2 rings (SSSR count). The number of esters is 1. The third kappa shape index (κ3) is 5.11. The fourth-order valence-electron chi connectivity index (χ4n) is 2.46. The monoisotopic (exact) mass is 341 g/mol. The van der Waals surface area contributed by atoms with Crippen molar-refractivity contribution in [2.75, 3.05) is 12.0 Å². The van der Waals surface area contributed by atoms with E-state index in [1.807, 2.05) is 76.2 Å². The number of anilines is 1. The van der Waals surface area contributed by atoms with Crippen LogP contribution in [0.5, 0.6) is 0 Å². The summed E-state index contributed by atoms with van der Waals surface area (Å²) in [5, 5.41) is 9.59. The van der Waals surface area contributed by atoms with Crippen LogP contribution >= 0.6 is 0 Å². The highest BCUT2D eigenvalue weighted by atomic mass is 16.5. The van der Waals surface area contributed by atoms with Crippen LogP contribution in [-0.2, 0) is 16.1 Å². The highest BCUT2D eigenvalue weighted by Gasteiger charge is 2.22. The normalized spacial score (nSPS) is 10.5. The minimum Gasteiger partial charge on any atom is -0.513 e. The maximum absolute atomic E-state index is 12.1. The van der Waals surface area contributed by atoms with Gasteiger partial charge in [-0.25, -0.2) is 4.79 Å². The summed E-state index contributed by atoms with van der Waals surface area (Å²) in [6.07, 6.45) is 0.802. The second-order valence-electron chi connectivity index (χ2n) is 5.31. The van der Waals surface area contributed by atoms with Crippen LogP contribution in [0.3, 0.4) is 0 Å². The molecule has 0 aliphatic heterocycles. The zero-order valence-corrected chi connectivity index (χ0v) is 15.6. The number of benzene rings is 2. The van der Waals surface area contributed by atoms with E-state index in [1.54, 1.807) is 4.90 Å². The molecule has 0 aliphatic carbocycles. The van der Waals surface area contributed by atoms with Crippen molar-refractivity contribution in [2.24, 2.45) is 0 Å². The lowest BCUT2D eigenvalue weighted by Crippen LogP contribution is -2.29. The number of hydrogen-bond acceptors (Lipinski definition) is 4. The van der Waals surface area contributed by atoms with Gasteiger partial charge in [0.15, 0.2) is 5.70 Å². The molecule has 0 heterocycles. The highest BCUT2D eigenvalue weighted by molar-refractivity contribution is 5.92. The SMILES string of the molecule is CC.COC(=O)/C(=C\O)N(Cc1ccccc1C)c1ccccc1C. The quantitative estimate of drug-likeness (QED) is 0.477. The summed E-state index contributed by atoms with van der Waals surface area (Å²) in [5.74, 6) is -0.579. The molecule has 0 bridgehead atoms. The van der Waals surface area contributed by atoms with Gasteiger partial charge < -0.3 is 14.7 Å². The van der Waals surface area contributed by atoms with Crippen molar-refractivity contribution in [3.8, 4) is 0 Å². The smallest absolute Gasteiger partial charge is 0.357 e. The van der Waals surface area contributed by atoms with Gasteiger partial charge in [0, 0.05) is 12.2 Å². The Morgan fingerprint density at radius 3 is 2.12 bits per heavy atom. The molecule has 0 atom stereocenters. The first kappa shape index (κ1) is 20.3. The maximum atomic E-state index is 12.1. The van der Waals surface area contributed by atoms with Crippen LogP contribution < -0.4 is 4.90 Å². The second-order valence-corrected chi connectivity index (χ2v) is 5.31. The van der Waals surface area contributed by atoms with Gasteiger partial charge in [0.25, 0.3) is 0 Å². The zero-order valence-electron chi connectivity index (χ0n) is 15.6. The van der Waals surface area contributed by atoms with Crippen LogP contribution in [0.25, 0.3) is 0 Å². The van der Waals surface area contributed by atoms with Crippen molar-refractivity contribution < 1.29 is 14.6 Å². The Morgan fingerprint density at radius 1 is 1.04 bits per heavy atom. The number of carbonyl (C=O) groups is 1. The Hall–Kier alpha value is -2.75. The number of aliphatic hydroxyl groups excluding tert-OH is 1. The van der Waals surface area contributed by atoms with Crippen LogP contribution in [0, 0.1) is 13.8 Å². The summed E-state index contributed by atoms with van der Waals surface area (Å²) in [7, 11) is 1.30. The van der Waals surface area contributed by atoms with Crippen LogP contribution in [-0.4, -0.2) is 18.2 Å². The number of nitrogens with zero attached hydrogens (tertiary/aromatic N) is 1. The molecule has 1 N–H and O–H groups in total. The summed E-state index contributed by atoms with van der Waals surface area (Å²) < 4.78 is 4.80. The van der Waals surface area contributed by atoms with Crippen molar-refractivity contribution >= 4 is 11.7 Å². The summed E-state index contributed by atoms with van der Waals surface area (Å²) in [6, 6.07) is 15.7. The number of aryl methyl sites for hydroxylation is 2. The minimum absolute atomic E-state index is 0.102. The Labute approximate surface area is 150 Å². The van der Waals surface area contributed by atoms with Crippen LogP contribution in [0.4, 0.5) is 5.69 Å². The average Bonchev–Trinajstić information content (AvgIpc) is 2.65. The lowest BCUT2D eigenvalue weighted by Gasteiger charge is -2.27. The number of ether oxygens (including phenoxy) is 1. The molecular formula is C21H27NO3. The van der Waals surface area contributed by atoms with Gasteiger partial charge >= 0.3 is 5.97 Å². The first-order chi connectivity index (χ1) is 12.1. The summed E-state index contributed by atoms with van der Waals surface area (Å²) in [4.78, 5) is 13.8. The van der Waals surface area contributed by atoms with Gasteiger partial charge in [0.1, 0.15) is 6.26 Å². The zero-order chi connectivity index (χ0) is 18.8. The van der Waals surface area contributed by atoms with Crippen molar-refractivity contribution in [1.29, 1.82) is 0 Å². The molecule has 0 aliphatic rings. The van der Waals surface area contributed by atoms with E-state index < -0.39 is 5.97 Å². The fraction of sp³-hybridized carbons (Fsp3) is 0.286. The van der Waals surface area contributed by atoms with Gasteiger partial charge in [-0.05, 0) is 36.6 Å². The van der Waals surface area contributed by atoms with E-state index in [1.165, 1.54) is 7.11 Å². The largest absolute Gasteiger partial charge is 0.513 e. The predicted molar refractivity (Wildman–Crippen MR) is 103 cm³/mol. The molecule has 0 fully saturated rings. The standard InChI is InChI=1S/C19H21NO3.C2H6/c1-14-8-4-6-10-16(14)12-20(18(13-21)19(22)23-3)17-11-7-5-9-15(17)2;1-2/h4-11,13,21H,12H2,1-3H3;1-2H3/b18-13+;. The van der Waals surface area contributed by atoms with E-state index in [9.17, 15) is 9.90 Å². The average molecular weight is 341 g/mol. The lowest BCUT2D eigenvalue weighted by atomic mass is 10.1. The minimum atomic E-state index is -0.579. The Morgan fingerprint density at radius 2 is 1.60 bits per heavy atom. The number of aliphatic hydroxyl groups is 1. The molecule has 4 heteroatoms. The van der Waals surface area contributed by atoms with E-state index >= 15 is 0 Å². The first-order valence-corrected chi connectivity index (χ1v) is 8.39. The Balaban J connectivity index is 0.00000151. The highest BCUT2D eigenvalue weighted by Crippen LogP contribution is 2.27. The first-order valence-electron chi connectivity index (χ1n) is 8.39. The van der Waals surface area contributed by atoms with E-state index in [2.05, 4.69) is 0 Å². The van der Waals surface area contributed by atoms with E-state index in [4.69, 9.17) is 4.74 Å². The molecule has 134 valence electrons. The third-order valence-electron chi connectivity index (χ3n) is 3.80. The Kier molecular flexibility index (Phi) is 8.27. The molecule has 25 heavy (non-hydrogen) atoms. The Bertz CT molecular complexity index is 723. The van der Waals surface area contributed by atoms with Crippen LogP contribution in [0.2, 0.25) is 0 Å². The van der Waals surface area contributed by atoms with E-state index in [0.717, 1.165) is 28.6 Å². The lowest BCUT2D eigenvalue weighted by molar-refractivity contribution is -0.136. The van der Waals surface area contributed by atoms with Crippen LogP contribution in [0.1, 0.15) is 30.5 Å². The number of hydrogen-bond donors (Lipinski definition) is 1. The number of methoxy groups -OCH3 is 1. The van der Waals surface area contributed by atoms with E-state index in [-0.39, 0.29) is 5.70 Å². The van der Waals surface area contributed by atoms with Gasteiger partial charge in [-0.2, -0.15) is 0 Å². The topological polar surface area (TPSA) is 49.8 Å². The summed E-state index contributed by atoms with van der Waals surface area (Å²) in [6.45, 7) is 8.44. The molecule has 0 amide bonds. The third-order valence-corrected chi connectivity index (χ3v) is 3.80. The van der Waals surface area contributed by atoms with Gasteiger partial charge in [-0.3, -0.25) is 0 Å². The summed E-state index contributed by atoms with van der Waals surface area (Å²) >= 11 is 0. The van der Waals surface area contributed by atoms with Crippen molar-refractivity contribution in [1.82, 2.24) is 0 Å². The molecule has 0 radical (unpaired) electrons. The van der Waals surface area contributed by atoms with Crippen molar-refractivity contribution in [2.45, 2.75) is 34.2 Å². The maximum Gasteiger partial charge on any atom is 0.357 e. The van der Waals surface area contributed by atoms with Crippen molar-refractivity contribution in [3.05, 3.63) is 77.2 Å². The fourth-order valence-corrected chi connectivity index (χ4v) is 2.46. The van der Waals surface area contributed by atoms with Gasteiger partial charge in [0.2, 0.25) is 0 Å². The molecular weight excluding hydrogens is 314 g/mol. The number of para-hydroxylation sites is 1. The second kappa shape index (κ2) is 10.2. The molecule has 4 nitrogen and oxygen atoms in total. The predicted octanol–water partition coefficient (Wildman–Crippen LogP) is 4.91. The number of carbonyl (C=O) groups excluding carboxylic acids is 1. The van der Waals surface area contributed by atoms with Crippen molar-refractivity contribution in [3.63, 3.8) is 0 Å².